The minimum absolute atomic E-state index is 0.496. The van der Waals surface area contributed by atoms with E-state index in [1.807, 2.05) is 12.1 Å². The summed E-state index contributed by atoms with van der Waals surface area (Å²) in [5, 5.41) is 3.35. The molecule has 0 bridgehead atoms. The molecule has 0 radical (unpaired) electrons. The summed E-state index contributed by atoms with van der Waals surface area (Å²) in [7, 11) is 0. The smallest absolute Gasteiger partial charge is 0.196 e. The second kappa shape index (κ2) is 5.83. The highest BCUT2D eigenvalue weighted by molar-refractivity contribution is 5.57. The molecule has 0 saturated heterocycles. The zero-order valence-electron chi connectivity index (χ0n) is 11.2. The second-order valence-corrected chi connectivity index (χ2v) is 4.85. The van der Waals surface area contributed by atoms with Crippen LogP contribution in [0.1, 0.15) is 25.3 Å². The van der Waals surface area contributed by atoms with E-state index in [2.05, 4.69) is 43.2 Å². The van der Waals surface area contributed by atoms with Gasteiger partial charge in [-0.2, -0.15) is 0 Å². The van der Waals surface area contributed by atoms with E-state index in [9.17, 15) is 0 Å². The van der Waals surface area contributed by atoms with Crippen LogP contribution >= 0.6 is 0 Å². The van der Waals surface area contributed by atoms with Gasteiger partial charge in [-0.25, -0.2) is 4.98 Å². The highest BCUT2D eigenvalue weighted by Gasteiger charge is 2.06. The molecule has 1 heterocycles. The zero-order chi connectivity index (χ0) is 13.0. The van der Waals surface area contributed by atoms with Crippen LogP contribution in [0.4, 0.5) is 0 Å². The number of hydrogen-bond donors (Lipinski definition) is 1. The minimum Gasteiger partial charge on any atom is -0.441 e. The van der Waals surface area contributed by atoms with E-state index in [1.54, 1.807) is 6.20 Å². The molecule has 0 unspecified atom stereocenters. The predicted octanol–water partition coefficient (Wildman–Crippen LogP) is 3.19. The van der Waals surface area contributed by atoms with Crippen molar-refractivity contribution in [3.05, 3.63) is 41.9 Å². The average Bonchev–Trinajstić information content (AvgIpc) is 2.77. The fourth-order valence-corrected chi connectivity index (χ4v) is 1.83. The summed E-state index contributed by atoms with van der Waals surface area (Å²) in [5.41, 5.74) is 2.32. The van der Waals surface area contributed by atoms with Gasteiger partial charge in [-0.1, -0.05) is 37.6 Å². The molecule has 3 heteroatoms. The molecule has 0 atom stereocenters. The van der Waals surface area contributed by atoms with Crippen LogP contribution in [0.3, 0.4) is 0 Å². The quantitative estimate of drug-likeness (QED) is 0.877. The molecule has 1 aromatic heterocycles. The number of rotatable bonds is 5. The van der Waals surface area contributed by atoms with Crippen molar-refractivity contribution in [1.82, 2.24) is 10.3 Å². The van der Waals surface area contributed by atoms with Gasteiger partial charge in [-0.15, -0.1) is 0 Å². The number of hydrogen-bond acceptors (Lipinski definition) is 3. The van der Waals surface area contributed by atoms with Crippen LogP contribution in [0, 0.1) is 6.92 Å². The molecule has 0 aliphatic rings. The number of nitrogens with zero attached hydrogens (tertiary/aromatic N) is 1. The summed E-state index contributed by atoms with van der Waals surface area (Å²) in [5.74, 6) is 1.64. The van der Waals surface area contributed by atoms with E-state index in [4.69, 9.17) is 4.42 Å². The molecule has 1 N–H and O–H groups in total. The molecule has 3 nitrogen and oxygen atoms in total. The topological polar surface area (TPSA) is 38.1 Å². The van der Waals surface area contributed by atoms with Crippen molar-refractivity contribution >= 4 is 0 Å². The van der Waals surface area contributed by atoms with Gasteiger partial charge in [-0.3, -0.25) is 0 Å². The van der Waals surface area contributed by atoms with Crippen LogP contribution in [0.25, 0.3) is 11.3 Å². The maximum absolute atomic E-state index is 5.76. The molecule has 96 valence electrons. The highest BCUT2D eigenvalue weighted by Crippen LogP contribution is 2.21. The Hall–Kier alpha value is -1.61. The van der Waals surface area contributed by atoms with Crippen LogP contribution in [-0.4, -0.2) is 17.6 Å². The second-order valence-electron chi connectivity index (χ2n) is 4.85. The van der Waals surface area contributed by atoms with Crippen molar-refractivity contribution in [2.24, 2.45) is 0 Å². The summed E-state index contributed by atoms with van der Waals surface area (Å²) in [6, 6.07) is 8.76. The lowest BCUT2D eigenvalue weighted by Gasteiger charge is -2.05. The number of oxazole rings is 1. The SMILES string of the molecule is Cc1cccc(-c2cnc(CCNC(C)C)o2)c1. The Balaban J connectivity index is 2.02. The first-order valence-electron chi connectivity index (χ1n) is 6.40. The lowest BCUT2D eigenvalue weighted by Crippen LogP contribution is -2.24. The van der Waals surface area contributed by atoms with Crippen molar-refractivity contribution in [1.29, 1.82) is 0 Å². The summed E-state index contributed by atoms with van der Waals surface area (Å²) in [6.45, 7) is 7.24. The third-order valence-corrected chi connectivity index (χ3v) is 2.75. The highest BCUT2D eigenvalue weighted by atomic mass is 16.4. The van der Waals surface area contributed by atoms with Crippen molar-refractivity contribution in [2.75, 3.05) is 6.54 Å². The first-order valence-corrected chi connectivity index (χ1v) is 6.40. The van der Waals surface area contributed by atoms with Gasteiger partial charge in [0.15, 0.2) is 11.7 Å². The molecular weight excluding hydrogens is 224 g/mol. The Labute approximate surface area is 108 Å². The van der Waals surface area contributed by atoms with Gasteiger partial charge in [0.2, 0.25) is 0 Å². The van der Waals surface area contributed by atoms with Crippen molar-refractivity contribution in [3.8, 4) is 11.3 Å². The molecule has 18 heavy (non-hydrogen) atoms. The van der Waals surface area contributed by atoms with Crippen LogP contribution in [-0.2, 0) is 6.42 Å². The summed E-state index contributed by atoms with van der Waals surface area (Å²) in [4.78, 5) is 4.31. The summed E-state index contributed by atoms with van der Waals surface area (Å²) >= 11 is 0. The van der Waals surface area contributed by atoms with Crippen LogP contribution in [0.5, 0.6) is 0 Å². The normalized spacial score (nSPS) is 11.1. The van der Waals surface area contributed by atoms with E-state index in [0.29, 0.717) is 6.04 Å². The van der Waals surface area contributed by atoms with Crippen LogP contribution in [0.2, 0.25) is 0 Å². The fraction of sp³-hybridized carbons (Fsp3) is 0.400. The Morgan fingerprint density at radius 2 is 2.17 bits per heavy atom. The predicted molar refractivity (Wildman–Crippen MR) is 73.5 cm³/mol. The maximum atomic E-state index is 5.76. The number of aryl methyl sites for hydroxylation is 1. The molecule has 0 amide bonds. The van der Waals surface area contributed by atoms with E-state index in [0.717, 1.165) is 30.2 Å². The third kappa shape index (κ3) is 3.44. The lowest BCUT2D eigenvalue weighted by molar-refractivity contribution is 0.484. The van der Waals surface area contributed by atoms with E-state index in [1.165, 1.54) is 5.56 Å². The number of benzene rings is 1. The Kier molecular flexibility index (Phi) is 4.15. The zero-order valence-corrected chi connectivity index (χ0v) is 11.2. The van der Waals surface area contributed by atoms with Gasteiger partial charge in [0, 0.05) is 24.6 Å². The molecule has 0 fully saturated rings. The standard InChI is InChI=1S/C15H20N2O/c1-11(2)16-8-7-15-17-10-14(18-15)13-6-4-5-12(3)9-13/h4-6,9-11,16H,7-8H2,1-3H3. The minimum atomic E-state index is 0.496. The van der Waals surface area contributed by atoms with E-state index < -0.39 is 0 Å². The first kappa shape index (κ1) is 12.8. The average molecular weight is 244 g/mol. The summed E-state index contributed by atoms with van der Waals surface area (Å²) < 4.78 is 5.76. The monoisotopic (exact) mass is 244 g/mol. The van der Waals surface area contributed by atoms with Crippen molar-refractivity contribution in [3.63, 3.8) is 0 Å². The van der Waals surface area contributed by atoms with Gasteiger partial charge >= 0.3 is 0 Å². The molecule has 0 saturated carbocycles. The Bertz CT molecular complexity index is 503. The molecule has 2 aromatic rings. The van der Waals surface area contributed by atoms with Crippen LogP contribution < -0.4 is 5.32 Å². The van der Waals surface area contributed by atoms with Crippen LogP contribution in [0.15, 0.2) is 34.9 Å². The molecular formula is C15H20N2O. The first-order chi connectivity index (χ1) is 8.65. The largest absolute Gasteiger partial charge is 0.441 e. The molecule has 0 aliphatic heterocycles. The number of nitrogens with one attached hydrogen (secondary N) is 1. The van der Waals surface area contributed by atoms with E-state index >= 15 is 0 Å². The molecule has 1 aromatic carbocycles. The fourth-order valence-electron chi connectivity index (χ4n) is 1.83. The van der Waals surface area contributed by atoms with Gasteiger partial charge < -0.3 is 9.73 Å². The van der Waals surface area contributed by atoms with E-state index in [-0.39, 0.29) is 0 Å². The number of aromatic nitrogens is 1. The molecule has 0 aliphatic carbocycles. The van der Waals surface area contributed by atoms with Gasteiger partial charge in [0.1, 0.15) is 0 Å². The Morgan fingerprint density at radius 1 is 1.33 bits per heavy atom. The molecule has 2 rings (SSSR count). The third-order valence-electron chi connectivity index (χ3n) is 2.75. The van der Waals surface area contributed by atoms with Gasteiger partial charge in [0.25, 0.3) is 0 Å². The summed E-state index contributed by atoms with van der Waals surface area (Å²) in [6.07, 6.45) is 2.63. The Morgan fingerprint density at radius 3 is 2.89 bits per heavy atom. The van der Waals surface area contributed by atoms with Gasteiger partial charge in [-0.05, 0) is 13.0 Å². The van der Waals surface area contributed by atoms with Gasteiger partial charge in [0.05, 0.1) is 6.20 Å². The lowest BCUT2D eigenvalue weighted by atomic mass is 10.1. The van der Waals surface area contributed by atoms with Crippen molar-refractivity contribution < 1.29 is 4.42 Å². The maximum Gasteiger partial charge on any atom is 0.196 e. The molecule has 0 spiro atoms. The van der Waals surface area contributed by atoms with Crippen molar-refractivity contribution in [2.45, 2.75) is 33.2 Å².